The lowest BCUT2D eigenvalue weighted by Gasteiger charge is -2.26. The number of benzene rings is 1. The molecule has 0 spiro atoms. The molecule has 1 aromatic heterocycles. The minimum atomic E-state index is 0.263. The molecule has 0 fully saturated rings. The van der Waals surface area contributed by atoms with Gasteiger partial charge in [0.2, 0.25) is 5.95 Å². The zero-order chi connectivity index (χ0) is 19.3. The molecule has 0 saturated carbocycles. The highest BCUT2D eigenvalue weighted by Crippen LogP contribution is 2.35. The monoisotopic (exact) mass is 378 g/mol. The predicted molar refractivity (Wildman–Crippen MR) is 110 cm³/mol. The molecule has 1 aromatic carbocycles. The Morgan fingerprint density at radius 3 is 2.31 bits per heavy atom. The van der Waals surface area contributed by atoms with Crippen LogP contribution in [0.5, 0.6) is 5.75 Å². The van der Waals surface area contributed by atoms with Gasteiger partial charge in [-0.05, 0) is 25.0 Å². The van der Waals surface area contributed by atoms with Crippen LogP contribution in [0.3, 0.4) is 0 Å². The van der Waals surface area contributed by atoms with Crippen molar-refractivity contribution in [3.05, 3.63) is 23.2 Å². The van der Waals surface area contributed by atoms with Crippen molar-refractivity contribution in [1.82, 2.24) is 9.97 Å². The van der Waals surface area contributed by atoms with Crippen LogP contribution in [0.25, 0.3) is 0 Å². The van der Waals surface area contributed by atoms with Gasteiger partial charge < -0.3 is 26.0 Å². The lowest BCUT2D eigenvalue weighted by Crippen LogP contribution is -2.28. The number of hydrogen-bond acceptors (Lipinski definition) is 7. The van der Waals surface area contributed by atoms with Gasteiger partial charge in [-0.1, -0.05) is 25.4 Å². The molecule has 0 bridgehead atoms. The second kappa shape index (κ2) is 8.80. The van der Waals surface area contributed by atoms with E-state index in [0.29, 0.717) is 28.2 Å². The fourth-order valence-corrected chi connectivity index (χ4v) is 3.01. The minimum Gasteiger partial charge on any atom is -0.497 e. The van der Waals surface area contributed by atoms with Crippen LogP contribution in [0.4, 0.5) is 29.0 Å². The van der Waals surface area contributed by atoms with Crippen LogP contribution in [-0.2, 0) is 0 Å². The van der Waals surface area contributed by atoms with Crippen molar-refractivity contribution in [2.75, 3.05) is 48.5 Å². The first-order valence-electron chi connectivity index (χ1n) is 8.68. The number of nitrogens with zero attached hydrogens (tertiary/aromatic N) is 4. The first-order valence-corrected chi connectivity index (χ1v) is 9.05. The molecule has 0 atom stereocenters. The van der Waals surface area contributed by atoms with E-state index in [1.807, 2.05) is 19.2 Å². The van der Waals surface area contributed by atoms with Gasteiger partial charge in [0.05, 0.1) is 17.8 Å². The second-order valence-corrected chi connectivity index (χ2v) is 6.42. The lowest BCUT2D eigenvalue weighted by molar-refractivity contribution is 0.415. The summed E-state index contributed by atoms with van der Waals surface area (Å²) < 4.78 is 5.20. The van der Waals surface area contributed by atoms with Crippen molar-refractivity contribution >= 4 is 40.6 Å². The average molecular weight is 379 g/mol. The van der Waals surface area contributed by atoms with Crippen LogP contribution < -0.4 is 26.0 Å². The number of ether oxygens (including phenoxy) is 1. The van der Waals surface area contributed by atoms with Gasteiger partial charge in [0.1, 0.15) is 11.4 Å². The molecule has 0 unspecified atom stereocenters. The minimum absolute atomic E-state index is 0.263. The molecule has 0 aliphatic heterocycles. The van der Waals surface area contributed by atoms with E-state index in [4.69, 9.17) is 27.8 Å². The number of rotatable bonds is 8. The quantitative estimate of drug-likeness (QED) is 0.723. The molecule has 7 nitrogen and oxygen atoms in total. The van der Waals surface area contributed by atoms with Crippen molar-refractivity contribution in [2.45, 2.75) is 26.7 Å². The average Bonchev–Trinajstić information content (AvgIpc) is 2.63. The zero-order valence-corrected chi connectivity index (χ0v) is 16.5. The molecule has 1 heterocycles. The fourth-order valence-electron chi connectivity index (χ4n) is 2.71. The SMILES string of the molecule is CCCN(CCC)c1nc(N(C)c2ccc(OC)cc2Cl)nc(N)c1N. The molecule has 26 heavy (non-hydrogen) atoms. The molecule has 0 amide bonds. The maximum atomic E-state index is 6.38. The van der Waals surface area contributed by atoms with E-state index in [0.717, 1.165) is 31.6 Å². The number of hydrogen-bond donors (Lipinski definition) is 2. The zero-order valence-electron chi connectivity index (χ0n) is 15.8. The molecule has 0 aliphatic rings. The van der Waals surface area contributed by atoms with Crippen molar-refractivity contribution in [1.29, 1.82) is 0 Å². The molecule has 8 heteroatoms. The van der Waals surface area contributed by atoms with Gasteiger partial charge in [-0.25, -0.2) is 0 Å². The Kier molecular flexibility index (Phi) is 6.74. The van der Waals surface area contributed by atoms with Crippen LogP contribution in [0, 0.1) is 0 Å². The summed E-state index contributed by atoms with van der Waals surface area (Å²) >= 11 is 6.38. The second-order valence-electron chi connectivity index (χ2n) is 6.01. The first kappa shape index (κ1) is 19.9. The molecular weight excluding hydrogens is 352 g/mol. The summed E-state index contributed by atoms with van der Waals surface area (Å²) in [5.74, 6) is 2.05. The van der Waals surface area contributed by atoms with Gasteiger partial charge in [-0.2, -0.15) is 9.97 Å². The van der Waals surface area contributed by atoms with Gasteiger partial charge in [-0.15, -0.1) is 0 Å². The largest absolute Gasteiger partial charge is 0.497 e. The third-order valence-electron chi connectivity index (χ3n) is 4.05. The predicted octanol–water partition coefficient (Wildman–Crippen LogP) is 3.70. The van der Waals surface area contributed by atoms with Crippen LogP contribution >= 0.6 is 11.6 Å². The Balaban J connectivity index is 2.46. The summed E-state index contributed by atoms with van der Waals surface area (Å²) in [6, 6.07) is 5.43. The van der Waals surface area contributed by atoms with Crippen LogP contribution in [0.15, 0.2) is 18.2 Å². The van der Waals surface area contributed by atoms with E-state index in [-0.39, 0.29) is 5.82 Å². The van der Waals surface area contributed by atoms with Crippen molar-refractivity contribution in [2.24, 2.45) is 0 Å². The van der Waals surface area contributed by atoms with Crippen molar-refractivity contribution in [3.8, 4) is 5.75 Å². The van der Waals surface area contributed by atoms with E-state index < -0.39 is 0 Å². The third-order valence-corrected chi connectivity index (χ3v) is 4.35. The normalized spacial score (nSPS) is 10.7. The Bertz CT molecular complexity index is 749. The van der Waals surface area contributed by atoms with Crippen LogP contribution in [-0.4, -0.2) is 37.2 Å². The molecular formula is C18H27ClN6O. The van der Waals surface area contributed by atoms with Crippen LogP contribution in [0.2, 0.25) is 5.02 Å². The summed E-state index contributed by atoms with van der Waals surface area (Å²) in [5, 5.41) is 0.534. The lowest BCUT2D eigenvalue weighted by atomic mass is 10.3. The van der Waals surface area contributed by atoms with Crippen LogP contribution in [0.1, 0.15) is 26.7 Å². The molecule has 0 aliphatic carbocycles. The van der Waals surface area contributed by atoms with E-state index in [9.17, 15) is 0 Å². The van der Waals surface area contributed by atoms with E-state index in [1.165, 1.54) is 0 Å². The van der Waals surface area contributed by atoms with Gasteiger partial charge in [0, 0.05) is 26.2 Å². The number of anilines is 5. The molecule has 2 aromatic rings. The highest BCUT2D eigenvalue weighted by molar-refractivity contribution is 6.33. The van der Waals surface area contributed by atoms with E-state index in [2.05, 4.69) is 28.7 Å². The Labute approximate surface area is 159 Å². The van der Waals surface area contributed by atoms with Crippen molar-refractivity contribution < 1.29 is 4.74 Å². The van der Waals surface area contributed by atoms with Gasteiger partial charge in [0.15, 0.2) is 11.6 Å². The maximum Gasteiger partial charge on any atom is 0.233 e. The Morgan fingerprint density at radius 1 is 1.12 bits per heavy atom. The highest BCUT2D eigenvalue weighted by Gasteiger charge is 2.19. The topological polar surface area (TPSA) is 93.5 Å². The molecule has 4 N–H and O–H groups in total. The smallest absolute Gasteiger partial charge is 0.233 e. The summed E-state index contributed by atoms with van der Waals surface area (Å²) in [5.41, 5.74) is 13.4. The molecule has 0 saturated heterocycles. The number of aromatic nitrogens is 2. The summed E-state index contributed by atoms with van der Waals surface area (Å²) in [7, 11) is 3.44. The Morgan fingerprint density at radius 2 is 1.77 bits per heavy atom. The van der Waals surface area contributed by atoms with Gasteiger partial charge in [-0.3, -0.25) is 0 Å². The third kappa shape index (κ3) is 4.22. The highest BCUT2D eigenvalue weighted by atomic mass is 35.5. The molecule has 2 rings (SSSR count). The summed E-state index contributed by atoms with van der Waals surface area (Å²) in [6.07, 6.45) is 1.97. The molecule has 142 valence electrons. The van der Waals surface area contributed by atoms with E-state index in [1.54, 1.807) is 18.1 Å². The number of halogens is 1. The summed E-state index contributed by atoms with van der Waals surface area (Å²) in [4.78, 5) is 13.0. The number of methoxy groups -OCH3 is 1. The number of nitrogens with two attached hydrogens (primary N) is 2. The van der Waals surface area contributed by atoms with Gasteiger partial charge in [0.25, 0.3) is 0 Å². The summed E-state index contributed by atoms with van der Waals surface area (Å²) in [6.45, 7) is 5.93. The molecule has 0 radical (unpaired) electrons. The van der Waals surface area contributed by atoms with E-state index >= 15 is 0 Å². The Hall–Kier alpha value is -2.41. The maximum absolute atomic E-state index is 6.38. The fraction of sp³-hybridized carbons (Fsp3) is 0.444. The standard InChI is InChI=1S/C18H27ClN6O/c1-5-9-25(10-6-2)17-15(20)16(21)22-18(23-17)24(3)14-8-7-12(26-4)11-13(14)19/h7-8,11H,5-6,9-10,20H2,1-4H3,(H2,21,22,23). The van der Waals surface area contributed by atoms with Gasteiger partial charge >= 0.3 is 0 Å². The first-order chi connectivity index (χ1) is 12.4. The number of nitrogen functional groups attached to an aromatic ring is 2. The van der Waals surface area contributed by atoms with Crippen molar-refractivity contribution in [3.63, 3.8) is 0 Å².